The molecule has 0 saturated carbocycles. The van der Waals surface area contributed by atoms with E-state index >= 15 is 0 Å². The van der Waals surface area contributed by atoms with Gasteiger partial charge in [0.15, 0.2) is 5.71 Å². The molecule has 1 saturated heterocycles. The number of amides is 2. The number of imide groups is 1. The number of hydrogen-bond acceptors (Lipinski definition) is 6. The molecule has 1 aromatic rings. The van der Waals surface area contributed by atoms with E-state index in [4.69, 9.17) is 23.2 Å². The highest BCUT2D eigenvalue weighted by molar-refractivity contribution is 6.47. The molecular formula is C13H9Cl2N3O4. The predicted molar refractivity (Wildman–Crippen MR) is 78.8 cm³/mol. The summed E-state index contributed by atoms with van der Waals surface area (Å²) in [4.78, 5) is 37.5. The van der Waals surface area contributed by atoms with Crippen molar-refractivity contribution in [2.75, 3.05) is 12.0 Å². The van der Waals surface area contributed by atoms with Crippen molar-refractivity contribution in [1.82, 2.24) is 5.43 Å². The number of nitrogens with one attached hydrogen (secondary N) is 1. The Morgan fingerprint density at radius 3 is 2.68 bits per heavy atom. The van der Waals surface area contributed by atoms with Crippen molar-refractivity contribution in [2.24, 2.45) is 11.0 Å². The quantitative estimate of drug-likeness (QED) is 0.640. The van der Waals surface area contributed by atoms with Crippen LogP contribution in [0.25, 0.3) is 0 Å². The third-order valence-corrected chi connectivity index (χ3v) is 4.01. The predicted octanol–water partition coefficient (Wildman–Crippen LogP) is 0.984. The number of esters is 1. The summed E-state index contributed by atoms with van der Waals surface area (Å²) < 4.78 is 4.57. The Morgan fingerprint density at radius 2 is 2.05 bits per heavy atom. The lowest BCUT2D eigenvalue weighted by Gasteiger charge is -2.17. The van der Waals surface area contributed by atoms with E-state index in [2.05, 4.69) is 15.3 Å². The minimum Gasteiger partial charge on any atom is -0.464 e. The van der Waals surface area contributed by atoms with Crippen LogP contribution in [0.4, 0.5) is 5.69 Å². The normalized spacial score (nSPS) is 23.2. The maximum absolute atomic E-state index is 12.6. The Balaban J connectivity index is 2.00. The molecule has 2 heterocycles. The van der Waals surface area contributed by atoms with E-state index in [9.17, 15) is 14.4 Å². The first kappa shape index (κ1) is 14.8. The number of rotatable bonds is 2. The molecule has 1 fully saturated rings. The number of methoxy groups -OCH3 is 1. The number of fused-ring (bicyclic) bond motifs is 1. The van der Waals surface area contributed by atoms with Crippen molar-refractivity contribution in [2.45, 2.75) is 6.04 Å². The van der Waals surface area contributed by atoms with E-state index in [1.165, 1.54) is 25.3 Å². The lowest BCUT2D eigenvalue weighted by Crippen LogP contribution is -2.36. The van der Waals surface area contributed by atoms with Crippen LogP contribution in [0.3, 0.4) is 0 Å². The van der Waals surface area contributed by atoms with Crippen LogP contribution < -0.4 is 10.3 Å². The van der Waals surface area contributed by atoms with Crippen molar-refractivity contribution in [3.63, 3.8) is 0 Å². The maximum Gasteiger partial charge on any atom is 0.355 e. The van der Waals surface area contributed by atoms with Gasteiger partial charge in [0.1, 0.15) is 12.0 Å². The van der Waals surface area contributed by atoms with E-state index in [-0.39, 0.29) is 16.4 Å². The van der Waals surface area contributed by atoms with Gasteiger partial charge in [-0.1, -0.05) is 23.2 Å². The molecule has 22 heavy (non-hydrogen) atoms. The largest absolute Gasteiger partial charge is 0.464 e. The van der Waals surface area contributed by atoms with Crippen molar-refractivity contribution < 1.29 is 19.1 Å². The summed E-state index contributed by atoms with van der Waals surface area (Å²) >= 11 is 11.9. The summed E-state index contributed by atoms with van der Waals surface area (Å²) in [5, 5.41) is 4.26. The van der Waals surface area contributed by atoms with Crippen molar-refractivity contribution in [1.29, 1.82) is 0 Å². The molecule has 2 atom stereocenters. The second kappa shape index (κ2) is 5.26. The first-order valence-corrected chi connectivity index (χ1v) is 6.95. The summed E-state index contributed by atoms with van der Waals surface area (Å²) in [6.45, 7) is 0. The number of anilines is 1. The zero-order valence-electron chi connectivity index (χ0n) is 11.2. The van der Waals surface area contributed by atoms with Crippen LogP contribution in [-0.2, 0) is 19.1 Å². The first-order chi connectivity index (χ1) is 10.5. The van der Waals surface area contributed by atoms with Crippen LogP contribution in [0.5, 0.6) is 0 Å². The Hall–Kier alpha value is -2.12. The van der Waals surface area contributed by atoms with Gasteiger partial charge in [-0.25, -0.2) is 9.69 Å². The van der Waals surface area contributed by atoms with Crippen molar-refractivity contribution in [3.8, 4) is 0 Å². The lowest BCUT2D eigenvalue weighted by molar-refractivity contribution is -0.133. The lowest BCUT2D eigenvalue weighted by atomic mass is 9.99. The van der Waals surface area contributed by atoms with E-state index in [0.717, 1.165) is 4.90 Å². The van der Waals surface area contributed by atoms with E-state index in [1.807, 2.05) is 0 Å². The zero-order valence-corrected chi connectivity index (χ0v) is 12.7. The summed E-state index contributed by atoms with van der Waals surface area (Å²) in [5.41, 5.74) is 2.58. The molecule has 0 spiro atoms. The van der Waals surface area contributed by atoms with Gasteiger partial charge in [0.05, 0.1) is 17.8 Å². The van der Waals surface area contributed by atoms with Gasteiger partial charge in [0.2, 0.25) is 5.91 Å². The SMILES string of the molecule is COC(=O)C1=NN[C@@H]2C(=O)N(c3ccc(Cl)cc3Cl)C(=O)[C@@H]12. The highest BCUT2D eigenvalue weighted by atomic mass is 35.5. The molecule has 9 heteroatoms. The number of nitrogens with zero attached hydrogens (tertiary/aromatic N) is 2. The Bertz CT molecular complexity index is 734. The summed E-state index contributed by atoms with van der Waals surface area (Å²) in [5.74, 6) is -2.91. The Kier molecular flexibility index (Phi) is 3.54. The Morgan fingerprint density at radius 1 is 1.32 bits per heavy atom. The minimum atomic E-state index is -1.02. The number of hydrogen-bond donors (Lipinski definition) is 1. The molecule has 0 aromatic heterocycles. The molecule has 0 bridgehead atoms. The summed E-state index contributed by atoms with van der Waals surface area (Å²) in [7, 11) is 1.17. The number of carbonyl (C=O) groups excluding carboxylic acids is 3. The fourth-order valence-corrected chi connectivity index (χ4v) is 2.96. The van der Waals surface area contributed by atoms with Gasteiger partial charge < -0.3 is 4.74 Å². The number of halogens is 2. The smallest absolute Gasteiger partial charge is 0.355 e. The van der Waals surface area contributed by atoms with Gasteiger partial charge in [0, 0.05) is 5.02 Å². The number of ether oxygens (including phenoxy) is 1. The third-order valence-electron chi connectivity index (χ3n) is 3.47. The molecule has 0 unspecified atom stereocenters. The molecule has 0 aliphatic carbocycles. The molecule has 2 aliphatic rings. The number of benzene rings is 1. The molecule has 2 amide bonds. The first-order valence-electron chi connectivity index (χ1n) is 6.20. The molecule has 7 nitrogen and oxygen atoms in total. The van der Waals surface area contributed by atoms with Gasteiger partial charge in [-0.15, -0.1) is 0 Å². The van der Waals surface area contributed by atoms with Crippen LogP contribution >= 0.6 is 23.2 Å². The average molecular weight is 342 g/mol. The monoisotopic (exact) mass is 341 g/mol. The van der Waals surface area contributed by atoms with Crippen LogP contribution in [-0.4, -0.2) is 36.6 Å². The molecule has 1 N–H and O–H groups in total. The summed E-state index contributed by atoms with van der Waals surface area (Å²) in [6, 6.07) is 3.47. The highest BCUT2D eigenvalue weighted by Gasteiger charge is 2.56. The molecule has 0 radical (unpaired) electrons. The van der Waals surface area contributed by atoms with Gasteiger partial charge in [-0.05, 0) is 18.2 Å². The molecule has 2 aliphatic heterocycles. The van der Waals surface area contributed by atoms with E-state index in [0.29, 0.717) is 5.02 Å². The van der Waals surface area contributed by atoms with Crippen molar-refractivity contribution in [3.05, 3.63) is 28.2 Å². The number of hydrazone groups is 1. The standard InChI is InChI=1S/C13H9Cl2N3O4/c1-22-13(21)10-8-9(16-17-10)12(20)18(11(8)19)7-3-2-5(14)4-6(7)15/h2-4,8-9,16H,1H3/t8-,9+/m1/s1. The fraction of sp³-hybridized carbons (Fsp3) is 0.231. The van der Waals surface area contributed by atoms with Gasteiger partial charge in [-0.2, -0.15) is 5.10 Å². The van der Waals surface area contributed by atoms with Crippen LogP contribution in [0.15, 0.2) is 23.3 Å². The van der Waals surface area contributed by atoms with Gasteiger partial charge in [0.25, 0.3) is 5.91 Å². The van der Waals surface area contributed by atoms with Crippen LogP contribution in [0, 0.1) is 5.92 Å². The second-order valence-corrected chi connectivity index (χ2v) is 5.52. The van der Waals surface area contributed by atoms with E-state index in [1.54, 1.807) is 0 Å². The maximum atomic E-state index is 12.6. The average Bonchev–Trinajstić information content (AvgIpc) is 3.01. The summed E-state index contributed by atoms with van der Waals surface area (Å²) in [6.07, 6.45) is 0. The van der Waals surface area contributed by atoms with Crippen LogP contribution in [0.1, 0.15) is 0 Å². The van der Waals surface area contributed by atoms with Crippen LogP contribution in [0.2, 0.25) is 10.0 Å². The zero-order chi connectivity index (χ0) is 16.0. The topological polar surface area (TPSA) is 88.1 Å². The van der Waals surface area contributed by atoms with Gasteiger partial charge in [-0.3, -0.25) is 15.0 Å². The number of carbonyl (C=O) groups is 3. The fourth-order valence-electron chi connectivity index (χ4n) is 2.46. The molecule has 3 rings (SSSR count). The van der Waals surface area contributed by atoms with E-state index < -0.39 is 29.7 Å². The van der Waals surface area contributed by atoms with Gasteiger partial charge >= 0.3 is 5.97 Å². The Labute approximate surface area is 134 Å². The second-order valence-electron chi connectivity index (χ2n) is 4.68. The van der Waals surface area contributed by atoms with Crippen molar-refractivity contribution >= 4 is 52.4 Å². The minimum absolute atomic E-state index is 0.126. The third kappa shape index (κ3) is 2.05. The molecule has 1 aromatic carbocycles. The highest BCUT2D eigenvalue weighted by Crippen LogP contribution is 2.35. The molecular weight excluding hydrogens is 333 g/mol. The molecule has 114 valence electrons.